The number of tetrazole rings is 1. The molecule has 0 spiro atoms. The summed E-state index contributed by atoms with van der Waals surface area (Å²) < 4.78 is 7.83. The first-order chi connectivity index (χ1) is 18.4. The van der Waals surface area contributed by atoms with E-state index in [0.29, 0.717) is 28.7 Å². The highest BCUT2D eigenvalue weighted by atomic mass is 127. The summed E-state index contributed by atoms with van der Waals surface area (Å²) in [6.45, 7) is 2.08. The molecule has 5 rings (SSSR count). The van der Waals surface area contributed by atoms with E-state index >= 15 is 0 Å². The van der Waals surface area contributed by atoms with Crippen molar-refractivity contribution in [3.63, 3.8) is 0 Å². The van der Waals surface area contributed by atoms with Crippen LogP contribution in [0.5, 0.6) is 0 Å². The SMILES string of the molecule is CCC[C@H](c1nnn[nH]1)N1C(=O)[C@H](Cc2ccc(I)cc2)O[C@@H](c2ccc(Cl)cc2)[C@H]1c1ccc(Cl)cc1. The molecule has 0 saturated carbocycles. The van der Waals surface area contributed by atoms with Crippen LogP contribution in [0.15, 0.2) is 72.8 Å². The Hall–Kier alpha value is -2.53. The number of carbonyl (C=O) groups is 1. The molecule has 196 valence electrons. The van der Waals surface area contributed by atoms with Gasteiger partial charge in [0, 0.05) is 20.0 Å². The highest BCUT2D eigenvalue weighted by Gasteiger charge is 2.47. The number of nitrogens with one attached hydrogen (secondary N) is 1. The van der Waals surface area contributed by atoms with Gasteiger partial charge in [0.2, 0.25) is 0 Å². The third-order valence-corrected chi connectivity index (χ3v) is 7.97. The predicted octanol–water partition coefficient (Wildman–Crippen LogP) is 6.91. The van der Waals surface area contributed by atoms with Gasteiger partial charge in [0.05, 0.1) is 12.1 Å². The maximum absolute atomic E-state index is 14.4. The van der Waals surface area contributed by atoms with Crippen molar-refractivity contribution in [1.82, 2.24) is 25.5 Å². The maximum Gasteiger partial charge on any atom is 0.253 e. The topological polar surface area (TPSA) is 84.0 Å². The molecule has 0 radical (unpaired) electrons. The van der Waals surface area contributed by atoms with Crippen molar-refractivity contribution in [1.29, 1.82) is 0 Å². The zero-order valence-corrected chi connectivity index (χ0v) is 24.3. The number of rotatable bonds is 8. The lowest BCUT2D eigenvalue weighted by Gasteiger charge is -2.47. The average molecular weight is 662 g/mol. The Morgan fingerprint density at radius 2 is 1.61 bits per heavy atom. The van der Waals surface area contributed by atoms with E-state index in [1.54, 1.807) is 0 Å². The first-order valence-electron chi connectivity index (χ1n) is 12.4. The normalized spacial score (nSPS) is 20.5. The Morgan fingerprint density at radius 3 is 2.18 bits per heavy atom. The number of benzene rings is 3. The molecule has 2 heterocycles. The van der Waals surface area contributed by atoms with E-state index in [2.05, 4.69) is 50.1 Å². The molecule has 0 aliphatic carbocycles. The molecule has 0 bridgehead atoms. The van der Waals surface area contributed by atoms with Crippen LogP contribution < -0.4 is 0 Å². The molecule has 1 aliphatic rings. The highest BCUT2D eigenvalue weighted by molar-refractivity contribution is 14.1. The number of ether oxygens (including phenoxy) is 1. The lowest BCUT2D eigenvalue weighted by Crippen LogP contribution is -2.53. The van der Waals surface area contributed by atoms with Crippen LogP contribution in [0.2, 0.25) is 10.0 Å². The summed E-state index contributed by atoms with van der Waals surface area (Å²) in [6, 6.07) is 22.5. The second-order valence-electron chi connectivity index (χ2n) is 9.26. The third-order valence-electron chi connectivity index (χ3n) is 6.75. The van der Waals surface area contributed by atoms with E-state index in [-0.39, 0.29) is 11.9 Å². The molecule has 1 N–H and O–H groups in total. The van der Waals surface area contributed by atoms with Crippen LogP contribution in [0.4, 0.5) is 0 Å². The zero-order valence-electron chi connectivity index (χ0n) is 20.6. The van der Waals surface area contributed by atoms with Crippen LogP contribution in [0.1, 0.15) is 60.5 Å². The molecule has 7 nitrogen and oxygen atoms in total. The third kappa shape index (κ3) is 5.88. The summed E-state index contributed by atoms with van der Waals surface area (Å²) in [6.07, 6.45) is 0.786. The molecule has 1 aliphatic heterocycles. The largest absolute Gasteiger partial charge is 0.358 e. The van der Waals surface area contributed by atoms with Crippen molar-refractivity contribution < 1.29 is 9.53 Å². The molecule has 38 heavy (non-hydrogen) atoms. The van der Waals surface area contributed by atoms with Gasteiger partial charge in [-0.25, -0.2) is 5.10 Å². The molecular formula is C28H26Cl2IN5O2. The lowest BCUT2D eigenvalue weighted by atomic mass is 9.88. The van der Waals surface area contributed by atoms with E-state index < -0.39 is 18.2 Å². The number of hydrogen-bond donors (Lipinski definition) is 1. The minimum Gasteiger partial charge on any atom is -0.358 e. The minimum absolute atomic E-state index is 0.108. The van der Waals surface area contributed by atoms with Crippen LogP contribution in [-0.4, -0.2) is 37.5 Å². The van der Waals surface area contributed by atoms with Crippen LogP contribution in [0, 0.1) is 3.57 Å². The molecule has 10 heteroatoms. The zero-order chi connectivity index (χ0) is 26.6. The van der Waals surface area contributed by atoms with Gasteiger partial charge in [0.1, 0.15) is 12.2 Å². The first kappa shape index (κ1) is 27.1. The number of halogens is 3. The number of aromatic amines is 1. The van der Waals surface area contributed by atoms with Gasteiger partial charge >= 0.3 is 0 Å². The summed E-state index contributed by atoms with van der Waals surface area (Å²) in [5, 5.41) is 16.0. The number of morpholine rings is 1. The Bertz CT molecular complexity index is 1350. The van der Waals surface area contributed by atoms with Crippen molar-refractivity contribution >= 4 is 51.7 Å². The Labute approximate surface area is 245 Å². The summed E-state index contributed by atoms with van der Waals surface area (Å²) >= 11 is 14.8. The molecule has 1 saturated heterocycles. The number of carbonyl (C=O) groups excluding carboxylic acids is 1. The average Bonchev–Trinajstić information content (AvgIpc) is 3.46. The van der Waals surface area contributed by atoms with Gasteiger partial charge in [0.25, 0.3) is 5.91 Å². The Morgan fingerprint density at radius 1 is 0.974 bits per heavy atom. The van der Waals surface area contributed by atoms with Gasteiger partial charge in [-0.15, -0.1) is 5.10 Å². The molecule has 1 aromatic heterocycles. The fraction of sp³-hybridized carbons (Fsp3) is 0.286. The van der Waals surface area contributed by atoms with Gasteiger partial charge in [-0.05, 0) is 92.5 Å². The Balaban J connectivity index is 1.65. The van der Waals surface area contributed by atoms with Crippen molar-refractivity contribution in [2.24, 2.45) is 0 Å². The summed E-state index contributed by atoms with van der Waals surface area (Å²) in [4.78, 5) is 16.3. The predicted molar refractivity (Wildman–Crippen MR) is 155 cm³/mol. The smallest absolute Gasteiger partial charge is 0.253 e. The highest BCUT2D eigenvalue weighted by Crippen LogP contribution is 2.47. The van der Waals surface area contributed by atoms with Crippen molar-refractivity contribution in [3.8, 4) is 0 Å². The summed E-state index contributed by atoms with van der Waals surface area (Å²) in [5.41, 5.74) is 2.85. The number of aromatic nitrogens is 4. The van der Waals surface area contributed by atoms with Crippen LogP contribution in [-0.2, 0) is 16.0 Å². The monoisotopic (exact) mass is 661 g/mol. The molecule has 0 unspecified atom stereocenters. The van der Waals surface area contributed by atoms with Crippen LogP contribution >= 0.6 is 45.8 Å². The number of H-pyrrole nitrogens is 1. The molecule has 1 fully saturated rings. The van der Waals surface area contributed by atoms with E-state index in [4.69, 9.17) is 27.9 Å². The standard InChI is InChI=1S/C28H26Cl2IN5O2/c1-2-3-23(27-32-34-35-33-27)36-25(18-6-10-20(29)11-7-18)26(19-8-12-21(30)13-9-19)38-24(28(36)37)16-17-4-14-22(31)15-5-17/h4-15,23-26H,2-3,16H2,1H3,(H,32,33,34,35)/t23-,24+,25-,26+/m1/s1. The summed E-state index contributed by atoms with van der Waals surface area (Å²) in [7, 11) is 0. The molecule has 4 atom stereocenters. The quantitative estimate of drug-likeness (QED) is 0.208. The maximum atomic E-state index is 14.4. The van der Waals surface area contributed by atoms with Gasteiger partial charge in [-0.1, -0.05) is 72.9 Å². The van der Waals surface area contributed by atoms with Crippen LogP contribution in [0.25, 0.3) is 0 Å². The van der Waals surface area contributed by atoms with E-state index in [1.165, 1.54) is 0 Å². The first-order valence-corrected chi connectivity index (χ1v) is 14.2. The van der Waals surface area contributed by atoms with Crippen molar-refractivity contribution in [2.75, 3.05) is 0 Å². The van der Waals surface area contributed by atoms with Crippen molar-refractivity contribution in [2.45, 2.75) is 50.5 Å². The van der Waals surface area contributed by atoms with E-state index in [1.807, 2.05) is 77.7 Å². The fourth-order valence-corrected chi connectivity index (χ4v) is 5.59. The van der Waals surface area contributed by atoms with Gasteiger partial charge in [0.15, 0.2) is 5.82 Å². The molecule has 3 aromatic carbocycles. The van der Waals surface area contributed by atoms with E-state index in [0.717, 1.165) is 26.7 Å². The Kier molecular flexibility index (Phi) is 8.62. The van der Waals surface area contributed by atoms with Crippen molar-refractivity contribution in [3.05, 3.63) is 109 Å². The van der Waals surface area contributed by atoms with E-state index in [9.17, 15) is 4.79 Å². The number of hydrogen-bond acceptors (Lipinski definition) is 5. The number of nitrogens with zero attached hydrogens (tertiary/aromatic N) is 4. The molecular weight excluding hydrogens is 636 g/mol. The van der Waals surface area contributed by atoms with Crippen LogP contribution in [0.3, 0.4) is 0 Å². The summed E-state index contributed by atoms with van der Waals surface area (Å²) in [5.74, 6) is 0.437. The fourth-order valence-electron chi connectivity index (χ4n) is 4.97. The van der Waals surface area contributed by atoms with Gasteiger partial charge < -0.3 is 9.64 Å². The lowest BCUT2D eigenvalue weighted by molar-refractivity contribution is -0.180. The van der Waals surface area contributed by atoms with Gasteiger partial charge in [-0.3, -0.25) is 4.79 Å². The second-order valence-corrected chi connectivity index (χ2v) is 11.4. The second kappa shape index (κ2) is 12.1. The van der Waals surface area contributed by atoms with Gasteiger partial charge in [-0.2, -0.15) is 0 Å². The molecule has 1 amide bonds. The number of amides is 1. The molecule has 4 aromatic rings. The minimum atomic E-state index is -0.700.